The number of amidine groups is 1. The van der Waals surface area contributed by atoms with Gasteiger partial charge in [0, 0.05) is 0 Å². The van der Waals surface area contributed by atoms with Crippen molar-refractivity contribution in [3.8, 4) is 0 Å². The van der Waals surface area contributed by atoms with Crippen molar-refractivity contribution >= 4 is 5.84 Å². The topological polar surface area (TPSA) is 89.3 Å². The normalized spacial score (nSPS) is 11.7. The highest BCUT2D eigenvalue weighted by Crippen LogP contribution is 2.07. The predicted octanol–water partition coefficient (Wildman–Crippen LogP) is 0.729. The van der Waals surface area contributed by atoms with Gasteiger partial charge < -0.3 is 10.9 Å². The molecule has 0 saturated heterocycles. The molecule has 88 valence electrons. The van der Waals surface area contributed by atoms with Gasteiger partial charge in [0.05, 0.1) is 12.2 Å². The van der Waals surface area contributed by atoms with Gasteiger partial charge in [-0.05, 0) is 12.5 Å². The Hall–Kier alpha value is -2.37. The summed E-state index contributed by atoms with van der Waals surface area (Å²) >= 11 is 0. The summed E-state index contributed by atoms with van der Waals surface area (Å²) < 4.78 is 1.71. The van der Waals surface area contributed by atoms with Crippen LogP contribution in [0.5, 0.6) is 0 Å². The van der Waals surface area contributed by atoms with Crippen molar-refractivity contribution in [3.05, 3.63) is 47.3 Å². The van der Waals surface area contributed by atoms with Crippen molar-refractivity contribution in [3.63, 3.8) is 0 Å². The lowest BCUT2D eigenvalue weighted by Crippen LogP contribution is -2.15. The Kier molecular flexibility index (Phi) is 3.04. The first-order chi connectivity index (χ1) is 8.22. The number of benzene rings is 1. The zero-order chi connectivity index (χ0) is 12.3. The third-order valence-corrected chi connectivity index (χ3v) is 2.51. The summed E-state index contributed by atoms with van der Waals surface area (Å²) in [5.74, 6) is -0.0261. The zero-order valence-corrected chi connectivity index (χ0v) is 9.41. The van der Waals surface area contributed by atoms with Gasteiger partial charge in [-0.15, -0.1) is 5.10 Å². The van der Waals surface area contributed by atoms with Crippen LogP contribution in [-0.2, 0) is 6.54 Å². The number of nitrogens with two attached hydrogens (primary N) is 1. The van der Waals surface area contributed by atoms with E-state index in [0.29, 0.717) is 12.2 Å². The van der Waals surface area contributed by atoms with Crippen molar-refractivity contribution in [2.45, 2.75) is 13.5 Å². The Balaban J connectivity index is 2.27. The number of rotatable bonds is 3. The molecule has 0 aliphatic heterocycles. The first kappa shape index (κ1) is 11.1. The van der Waals surface area contributed by atoms with E-state index >= 15 is 0 Å². The van der Waals surface area contributed by atoms with Gasteiger partial charge in [-0.3, -0.25) is 0 Å². The van der Waals surface area contributed by atoms with Gasteiger partial charge in [0.2, 0.25) is 0 Å². The van der Waals surface area contributed by atoms with Crippen molar-refractivity contribution in [2.75, 3.05) is 0 Å². The van der Waals surface area contributed by atoms with Crippen LogP contribution in [0.25, 0.3) is 0 Å². The van der Waals surface area contributed by atoms with Crippen LogP contribution in [0.15, 0.2) is 35.5 Å². The second-order valence-corrected chi connectivity index (χ2v) is 3.65. The lowest BCUT2D eigenvalue weighted by molar-refractivity contribution is 0.318. The molecule has 0 atom stereocenters. The molecule has 1 heterocycles. The molecule has 0 radical (unpaired) electrons. The van der Waals surface area contributed by atoms with E-state index in [9.17, 15) is 0 Å². The summed E-state index contributed by atoms with van der Waals surface area (Å²) in [4.78, 5) is 0. The van der Waals surface area contributed by atoms with Crippen LogP contribution < -0.4 is 5.73 Å². The number of hydrogen-bond acceptors (Lipinski definition) is 4. The Morgan fingerprint density at radius 2 is 2.12 bits per heavy atom. The first-order valence-corrected chi connectivity index (χ1v) is 5.14. The highest BCUT2D eigenvalue weighted by atomic mass is 16.4. The quantitative estimate of drug-likeness (QED) is 0.352. The minimum Gasteiger partial charge on any atom is -0.409 e. The number of nitrogens with zero attached hydrogens (tertiary/aromatic N) is 4. The smallest absolute Gasteiger partial charge is 0.192 e. The van der Waals surface area contributed by atoms with Crippen LogP contribution in [0.3, 0.4) is 0 Å². The molecule has 17 heavy (non-hydrogen) atoms. The Morgan fingerprint density at radius 1 is 1.41 bits per heavy atom. The molecule has 3 N–H and O–H groups in total. The van der Waals surface area contributed by atoms with E-state index in [1.807, 2.05) is 37.3 Å². The molecule has 6 nitrogen and oxygen atoms in total. The number of oxime groups is 1. The zero-order valence-electron chi connectivity index (χ0n) is 9.41. The lowest BCUT2D eigenvalue weighted by atomic mass is 10.2. The second kappa shape index (κ2) is 4.65. The van der Waals surface area contributed by atoms with Crippen molar-refractivity contribution in [1.29, 1.82) is 0 Å². The Bertz CT molecular complexity index is 532. The van der Waals surface area contributed by atoms with Crippen LogP contribution in [0.1, 0.15) is 17.0 Å². The van der Waals surface area contributed by atoms with E-state index in [2.05, 4.69) is 15.5 Å². The maximum atomic E-state index is 8.60. The molecule has 1 aromatic carbocycles. The molecule has 1 aromatic heterocycles. The maximum absolute atomic E-state index is 8.60. The Morgan fingerprint density at radius 3 is 2.76 bits per heavy atom. The van der Waals surface area contributed by atoms with Gasteiger partial charge in [0.15, 0.2) is 11.5 Å². The van der Waals surface area contributed by atoms with E-state index < -0.39 is 0 Å². The van der Waals surface area contributed by atoms with Gasteiger partial charge >= 0.3 is 0 Å². The third kappa shape index (κ3) is 2.25. The molecular formula is C11H13N5O. The lowest BCUT2D eigenvalue weighted by Gasteiger charge is -2.03. The van der Waals surface area contributed by atoms with Crippen molar-refractivity contribution < 1.29 is 5.21 Å². The van der Waals surface area contributed by atoms with Crippen molar-refractivity contribution in [1.82, 2.24) is 15.0 Å². The van der Waals surface area contributed by atoms with Crippen molar-refractivity contribution in [2.24, 2.45) is 10.9 Å². The van der Waals surface area contributed by atoms with Crippen LogP contribution >= 0.6 is 0 Å². The number of hydrogen-bond donors (Lipinski definition) is 2. The molecule has 6 heteroatoms. The van der Waals surface area contributed by atoms with E-state index in [4.69, 9.17) is 10.9 Å². The average molecular weight is 231 g/mol. The largest absolute Gasteiger partial charge is 0.409 e. The fourth-order valence-corrected chi connectivity index (χ4v) is 1.55. The van der Waals surface area contributed by atoms with Gasteiger partial charge in [0.1, 0.15) is 0 Å². The summed E-state index contributed by atoms with van der Waals surface area (Å²) in [6.45, 7) is 2.44. The molecule has 0 aliphatic rings. The Labute approximate surface area is 98.4 Å². The molecule has 2 aromatic rings. The standard InChI is InChI=1S/C11H13N5O/c1-8-10(11(12)14-17)13-15-16(8)7-9-5-3-2-4-6-9/h2-6,17H,7H2,1H3,(H2,12,14). The van der Waals surface area contributed by atoms with E-state index in [0.717, 1.165) is 11.3 Å². The molecule has 0 aliphatic carbocycles. The summed E-state index contributed by atoms with van der Waals surface area (Å²) in [5, 5.41) is 19.4. The molecule has 0 amide bonds. The van der Waals surface area contributed by atoms with E-state index in [1.54, 1.807) is 4.68 Å². The highest BCUT2D eigenvalue weighted by molar-refractivity contribution is 5.95. The molecule has 0 spiro atoms. The predicted molar refractivity (Wildman–Crippen MR) is 62.8 cm³/mol. The molecule has 2 rings (SSSR count). The summed E-state index contributed by atoms with van der Waals surface area (Å²) in [5.41, 5.74) is 7.78. The monoisotopic (exact) mass is 231 g/mol. The molecule has 0 bridgehead atoms. The average Bonchev–Trinajstić information content (AvgIpc) is 2.72. The van der Waals surface area contributed by atoms with Crippen LogP contribution in [-0.4, -0.2) is 26.0 Å². The first-order valence-electron chi connectivity index (χ1n) is 5.14. The van der Waals surface area contributed by atoms with Crippen LogP contribution in [0.4, 0.5) is 0 Å². The van der Waals surface area contributed by atoms with E-state index in [-0.39, 0.29) is 5.84 Å². The van der Waals surface area contributed by atoms with Gasteiger partial charge in [-0.25, -0.2) is 4.68 Å². The molecular weight excluding hydrogens is 218 g/mol. The van der Waals surface area contributed by atoms with Crippen LogP contribution in [0.2, 0.25) is 0 Å². The van der Waals surface area contributed by atoms with Gasteiger partial charge in [-0.1, -0.05) is 40.7 Å². The van der Waals surface area contributed by atoms with Gasteiger partial charge in [-0.2, -0.15) is 0 Å². The fourth-order valence-electron chi connectivity index (χ4n) is 1.55. The number of aromatic nitrogens is 3. The highest BCUT2D eigenvalue weighted by Gasteiger charge is 2.12. The second-order valence-electron chi connectivity index (χ2n) is 3.65. The van der Waals surface area contributed by atoms with Crippen LogP contribution in [0, 0.1) is 6.92 Å². The summed E-state index contributed by atoms with van der Waals surface area (Å²) in [6.07, 6.45) is 0. The molecule has 0 unspecified atom stereocenters. The summed E-state index contributed by atoms with van der Waals surface area (Å²) in [7, 11) is 0. The fraction of sp³-hybridized carbons (Fsp3) is 0.182. The molecule has 0 fully saturated rings. The molecule has 0 saturated carbocycles. The maximum Gasteiger partial charge on any atom is 0.192 e. The SMILES string of the molecule is Cc1c(/C(N)=N/O)nnn1Cc1ccccc1. The van der Waals surface area contributed by atoms with Gasteiger partial charge in [0.25, 0.3) is 0 Å². The third-order valence-electron chi connectivity index (χ3n) is 2.51. The van der Waals surface area contributed by atoms with E-state index in [1.165, 1.54) is 0 Å². The minimum atomic E-state index is -0.0261. The summed E-state index contributed by atoms with van der Waals surface area (Å²) in [6, 6.07) is 9.90. The minimum absolute atomic E-state index is 0.0261.